The van der Waals surface area contributed by atoms with Crippen LogP contribution >= 0.6 is 0 Å². The number of nitriles is 1. The number of hydrogen-bond acceptors (Lipinski definition) is 6. The van der Waals surface area contributed by atoms with E-state index in [0.29, 0.717) is 35.7 Å². The molecule has 0 saturated carbocycles. The molecule has 8 nitrogen and oxygen atoms in total. The maximum atomic E-state index is 12.8. The number of carbonyl (C=O) groups is 1. The summed E-state index contributed by atoms with van der Waals surface area (Å²) in [6, 6.07) is 9.16. The summed E-state index contributed by atoms with van der Waals surface area (Å²) in [5, 5.41) is 24.2. The van der Waals surface area contributed by atoms with Crippen LogP contribution in [0.2, 0.25) is 0 Å². The van der Waals surface area contributed by atoms with Gasteiger partial charge in [0.1, 0.15) is 5.69 Å². The third-order valence-electron chi connectivity index (χ3n) is 6.19. The average molecular weight is 431 g/mol. The molecule has 2 aromatic heterocycles. The number of rotatable bonds is 4. The topological polar surface area (TPSA) is 98.3 Å². The van der Waals surface area contributed by atoms with E-state index in [0.717, 1.165) is 36.3 Å². The van der Waals surface area contributed by atoms with Crippen LogP contribution in [0.5, 0.6) is 5.75 Å². The minimum atomic E-state index is -0.0208. The van der Waals surface area contributed by atoms with E-state index in [-0.39, 0.29) is 11.7 Å². The van der Waals surface area contributed by atoms with Gasteiger partial charge in [0.2, 0.25) is 0 Å². The smallest absolute Gasteiger partial charge is 0.255 e. The van der Waals surface area contributed by atoms with E-state index in [4.69, 9.17) is 0 Å². The molecule has 1 aliphatic heterocycles. The largest absolute Gasteiger partial charge is 0.504 e. The van der Waals surface area contributed by atoms with Gasteiger partial charge >= 0.3 is 0 Å². The van der Waals surface area contributed by atoms with Gasteiger partial charge in [-0.15, -0.1) is 0 Å². The molecule has 1 aliphatic rings. The number of pyridine rings is 1. The van der Waals surface area contributed by atoms with Gasteiger partial charge in [-0.05, 0) is 49.7 Å². The number of amides is 1. The maximum absolute atomic E-state index is 12.8. The Kier molecular flexibility index (Phi) is 5.93. The molecule has 0 spiro atoms. The lowest BCUT2D eigenvalue weighted by atomic mass is 9.97. The van der Waals surface area contributed by atoms with Crippen molar-refractivity contribution in [3.63, 3.8) is 0 Å². The first-order chi connectivity index (χ1) is 15.4. The van der Waals surface area contributed by atoms with Crippen molar-refractivity contribution in [3.05, 3.63) is 58.9 Å². The highest BCUT2D eigenvalue weighted by molar-refractivity contribution is 5.94. The Labute approximate surface area is 187 Å². The highest BCUT2D eigenvalue weighted by Gasteiger charge is 2.22. The molecule has 0 atom stereocenters. The number of benzene rings is 1. The second-order valence-electron chi connectivity index (χ2n) is 7.96. The van der Waals surface area contributed by atoms with E-state index in [9.17, 15) is 15.2 Å². The van der Waals surface area contributed by atoms with E-state index in [1.807, 2.05) is 18.7 Å². The minimum absolute atomic E-state index is 0.0208. The van der Waals surface area contributed by atoms with Crippen molar-refractivity contribution in [1.82, 2.24) is 24.6 Å². The number of hydrogen-bond donors (Lipinski definition) is 1. The van der Waals surface area contributed by atoms with Gasteiger partial charge in [0.25, 0.3) is 5.91 Å². The highest BCUT2D eigenvalue weighted by Crippen LogP contribution is 2.33. The molecule has 164 valence electrons. The van der Waals surface area contributed by atoms with E-state index < -0.39 is 0 Å². The van der Waals surface area contributed by atoms with Crippen LogP contribution in [0.15, 0.2) is 36.7 Å². The number of aromatic nitrogens is 3. The van der Waals surface area contributed by atoms with Gasteiger partial charge in [0.05, 0.1) is 23.4 Å². The highest BCUT2D eigenvalue weighted by atomic mass is 16.3. The second kappa shape index (κ2) is 8.81. The second-order valence-corrected chi connectivity index (χ2v) is 7.96. The van der Waals surface area contributed by atoms with Crippen LogP contribution in [-0.4, -0.2) is 68.3 Å². The summed E-state index contributed by atoms with van der Waals surface area (Å²) in [4.78, 5) is 21.4. The summed E-state index contributed by atoms with van der Waals surface area (Å²) in [6.45, 7) is 10.1. The van der Waals surface area contributed by atoms with E-state index in [1.165, 1.54) is 10.9 Å². The van der Waals surface area contributed by atoms with Gasteiger partial charge in [-0.3, -0.25) is 4.79 Å². The van der Waals surface area contributed by atoms with Gasteiger partial charge in [0.15, 0.2) is 11.6 Å². The van der Waals surface area contributed by atoms with E-state index >= 15 is 0 Å². The van der Waals surface area contributed by atoms with Gasteiger partial charge in [-0.25, -0.2) is 9.67 Å². The summed E-state index contributed by atoms with van der Waals surface area (Å²) < 4.78 is 1.49. The fraction of sp³-hybridized carbons (Fsp3) is 0.333. The Hall–Kier alpha value is -3.70. The Bertz CT molecular complexity index is 1180. The number of piperazine rings is 1. The minimum Gasteiger partial charge on any atom is -0.504 e. The molecule has 1 N–H and O–H groups in total. The van der Waals surface area contributed by atoms with Crippen molar-refractivity contribution in [2.75, 3.05) is 32.7 Å². The summed E-state index contributed by atoms with van der Waals surface area (Å²) in [6.07, 6.45) is 3.05. The van der Waals surface area contributed by atoms with Gasteiger partial charge in [-0.1, -0.05) is 13.0 Å². The van der Waals surface area contributed by atoms with E-state index in [2.05, 4.69) is 28.0 Å². The van der Waals surface area contributed by atoms with Crippen LogP contribution in [0.3, 0.4) is 0 Å². The Morgan fingerprint density at radius 1 is 1.12 bits per heavy atom. The molecule has 1 amide bonds. The maximum Gasteiger partial charge on any atom is 0.255 e. The van der Waals surface area contributed by atoms with Crippen LogP contribution in [0, 0.1) is 25.2 Å². The summed E-state index contributed by atoms with van der Waals surface area (Å²) in [5.41, 5.74) is 4.07. The molecule has 1 aromatic carbocycles. The standard InChI is InChI=1S/C24H26N6O2/c1-4-28-9-11-29(12-10-28)24(32)19-6-8-22(26-14-19)30-15-21(31)23(27-30)20-7-5-18(13-25)16(2)17(20)3/h5-8,14-15,31H,4,9-12H2,1-3H3. The first kappa shape index (κ1) is 21.5. The van der Waals surface area contributed by atoms with Gasteiger partial charge < -0.3 is 14.9 Å². The average Bonchev–Trinajstić information content (AvgIpc) is 3.21. The Balaban J connectivity index is 1.55. The lowest BCUT2D eigenvalue weighted by Crippen LogP contribution is -2.48. The Morgan fingerprint density at radius 2 is 1.88 bits per heavy atom. The predicted molar refractivity (Wildman–Crippen MR) is 121 cm³/mol. The normalized spacial score (nSPS) is 14.4. The van der Waals surface area contributed by atoms with Gasteiger partial charge in [0, 0.05) is 37.9 Å². The molecule has 0 aliphatic carbocycles. The number of aromatic hydroxyl groups is 1. The molecule has 0 radical (unpaired) electrons. The zero-order valence-electron chi connectivity index (χ0n) is 18.5. The zero-order valence-corrected chi connectivity index (χ0v) is 18.5. The fourth-order valence-corrected chi connectivity index (χ4v) is 3.97. The van der Waals surface area contributed by atoms with Crippen molar-refractivity contribution in [3.8, 4) is 28.9 Å². The summed E-state index contributed by atoms with van der Waals surface area (Å²) in [7, 11) is 0. The van der Waals surface area contributed by atoms with Crippen LogP contribution in [0.25, 0.3) is 17.1 Å². The monoisotopic (exact) mass is 430 g/mol. The molecule has 1 saturated heterocycles. The molecule has 0 bridgehead atoms. The molecule has 8 heteroatoms. The first-order valence-electron chi connectivity index (χ1n) is 10.7. The van der Waals surface area contributed by atoms with Crippen molar-refractivity contribution >= 4 is 5.91 Å². The van der Waals surface area contributed by atoms with Crippen molar-refractivity contribution < 1.29 is 9.90 Å². The van der Waals surface area contributed by atoms with Crippen molar-refractivity contribution in [1.29, 1.82) is 5.26 Å². The SMILES string of the molecule is CCN1CCN(C(=O)c2ccc(-n3cc(O)c(-c4ccc(C#N)c(C)c4C)n3)nc2)CC1. The van der Waals surface area contributed by atoms with Crippen LogP contribution in [-0.2, 0) is 0 Å². The number of likely N-dealkylation sites (N-methyl/N-ethyl adjacent to an activating group) is 1. The number of carbonyl (C=O) groups excluding carboxylic acids is 1. The third-order valence-corrected chi connectivity index (χ3v) is 6.19. The van der Waals surface area contributed by atoms with Crippen molar-refractivity contribution in [2.45, 2.75) is 20.8 Å². The fourth-order valence-electron chi connectivity index (χ4n) is 3.97. The lowest BCUT2D eigenvalue weighted by Gasteiger charge is -2.34. The molecular weight excluding hydrogens is 404 g/mol. The molecule has 0 unspecified atom stereocenters. The third kappa shape index (κ3) is 3.95. The predicted octanol–water partition coefficient (Wildman–Crippen LogP) is 2.91. The molecule has 3 aromatic rings. The zero-order chi connectivity index (χ0) is 22.8. The van der Waals surface area contributed by atoms with Crippen molar-refractivity contribution in [2.24, 2.45) is 0 Å². The molecule has 3 heterocycles. The first-order valence-corrected chi connectivity index (χ1v) is 10.7. The lowest BCUT2D eigenvalue weighted by molar-refractivity contribution is 0.0643. The van der Waals surface area contributed by atoms with Gasteiger partial charge in [-0.2, -0.15) is 10.4 Å². The summed E-state index contributed by atoms with van der Waals surface area (Å²) >= 11 is 0. The van der Waals surface area contributed by atoms with Crippen LogP contribution < -0.4 is 0 Å². The molecular formula is C24H26N6O2. The molecule has 32 heavy (non-hydrogen) atoms. The number of nitrogens with zero attached hydrogens (tertiary/aromatic N) is 6. The van der Waals surface area contributed by atoms with E-state index in [1.54, 1.807) is 30.5 Å². The molecule has 4 rings (SSSR count). The quantitative estimate of drug-likeness (QED) is 0.683. The summed E-state index contributed by atoms with van der Waals surface area (Å²) in [5.74, 6) is 0.502. The van der Waals surface area contributed by atoms with Crippen LogP contribution in [0.4, 0.5) is 0 Å². The molecule has 1 fully saturated rings. The van der Waals surface area contributed by atoms with Crippen LogP contribution in [0.1, 0.15) is 34.0 Å². The Morgan fingerprint density at radius 3 is 2.50 bits per heavy atom.